The molecule has 4 nitrogen and oxygen atoms in total. The lowest BCUT2D eigenvalue weighted by atomic mass is 9.85. The predicted octanol–water partition coefficient (Wildman–Crippen LogP) is 4.54. The van der Waals surface area contributed by atoms with Crippen molar-refractivity contribution < 1.29 is 19.4 Å². The normalized spacial score (nSPS) is 19.9. The number of aromatic hydroxyl groups is 1. The summed E-state index contributed by atoms with van der Waals surface area (Å²) >= 11 is 0. The Morgan fingerprint density at radius 1 is 1.21 bits per heavy atom. The summed E-state index contributed by atoms with van der Waals surface area (Å²) < 4.78 is 5.55. The molecule has 1 aliphatic rings. The van der Waals surface area contributed by atoms with Crippen molar-refractivity contribution in [1.29, 1.82) is 0 Å². The average molecular weight is 330 g/mol. The highest BCUT2D eigenvalue weighted by Gasteiger charge is 2.24. The molecule has 0 aliphatic heterocycles. The first kappa shape index (κ1) is 18.2. The Kier molecular flexibility index (Phi) is 5.81. The van der Waals surface area contributed by atoms with Gasteiger partial charge >= 0.3 is 5.97 Å². The lowest BCUT2D eigenvalue weighted by Crippen LogP contribution is -2.21. The third-order valence-electron chi connectivity index (χ3n) is 4.37. The number of hydrogen-bond acceptors (Lipinski definition) is 4. The maximum atomic E-state index is 12.5. The number of esters is 1. The molecule has 24 heavy (non-hydrogen) atoms. The van der Waals surface area contributed by atoms with Gasteiger partial charge in [-0.25, -0.2) is 0 Å². The zero-order valence-electron chi connectivity index (χ0n) is 14.7. The molecule has 0 radical (unpaired) electrons. The first-order valence-corrected chi connectivity index (χ1v) is 8.52. The number of phenols is 1. The molecule has 0 fully saturated rings. The van der Waals surface area contributed by atoms with Crippen LogP contribution in [0.1, 0.15) is 68.8 Å². The quantitative estimate of drug-likeness (QED) is 0.382. The number of carbonyl (C=O) groups excluding carboxylic acids is 2. The fourth-order valence-electron chi connectivity index (χ4n) is 2.94. The molecule has 0 saturated heterocycles. The number of rotatable bonds is 3. The molecule has 0 aromatic heterocycles. The molecule has 1 aromatic carbocycles. The van der Waals surface area contributed by atoms with Crippen LogP contribution in [0.3, 0.4) is 0 Å². The van der Waals surface area contributed by atoms with E-state index in [1.807, 2.05) is 20.8 Å². The lowest BCUT2D eigenvalue weighted by molar-refractivity contribution is -0.139. The molecular weight excluding hydrogens is 304 g/mol. The summed E-state index contributed by atoms with van der Waals surface area (Å²) in [5.41, 5.74) is 0.372. The van der Waals surface area contributed by atoms with Crippen LogP contribution in [-0.2, 0) is 10.2 Å². The van der Waals surface area contributed by atoms with Gasteiger partial charge in [0.1, 0.15) is 11.5 Å². The number of ether oxygens (including phenoxy) is 1. The number of phenolic OH excluding ortho intramolecular Hbond substituents is 1. The Bertz CT molecular complexity index is 638. The van der Waals surface area contributed by atoms with Crippen molar-refractivity contribution in [3.63, 3.8) is 0 Å². The predicted molar refractivity (Wildman–Crippen MR) is 93.5 cm³/mol. The van der Waals surface area contributed by atoms with Crippen molar-refractivity contribution in [2.75, 3.05) is 0 Å². The second-order valence-corrected chi connectivity index (χ2v) is 7.37. The van der Waals surface area contributed by atoms with Crippen LogP contribution < -0.4 is 4.74 Å². The van der Waals surface area contributed by atoms with Crippen molar-refractivity contribution in [2.24, 2.45) is 5.92 Å². The van der Waals surface area contributed by atoms with E-state index in [-0.39, 0.29) is 28.6 Å². The molecule has 0 spiro atoms. The van der Waals surface area contributed by atoms with Gasteiger partial charge in [-0.2, -0.15) is 0 Å². The van der Waals surface area contributed by atoms with E-state index in [4.69, 9.17) is 4.74 Å². The van der Waals surface area contributed by atoms with Gasteiger partial charge in [-0.05, 0) is 49.7 Å². The minimum absolute atomic E-state index is 0.0478. The first-order chi connectivity index (χ1) is 11.3. The van der Waals surface area contributed by atoms with Crippen LogP contribution in [0, 0.1) is 5.92 Å². The maximum absolute atomic E-state index is 12.5. The number of hydrogen-bond donors (Lipinski definition) is 1. The average Bonchev–Trinajstić information content (AvgIpc) is 2.47. The zero-order valence-corrected chi connectivity index (χ0v) is 14.7. The van der Waals surface area contributed by atoms with Gasteiger partial charge in [-0.3, -0.25) is 9.59 Å². The van der Waals surface area contributed by atoms with Gasteiger partial charge in [0.2, 0.25) is 0 Å². The number of benzene rings is 1. The van der Waals surface area contributed by atoms with Crippen LogP contribution in [0.15, 0.2) is 24.3 Å². The van der Waals surface area contributed by atoms with Gasteiger partial charge < -0.3 is 9.84 Å². The second-order valence-electron chi connectivity index (χ2n) is 7.37. The summed E-state index contributed by atoms with van der Waals surface area (Å²) in [6, 6.07) is 3.08. The van der Waals surface area contributed by atoms with E-state index in [0.717, 1.165) is 32.1 Å². The van der Waals surface area contributed by atoms with E-state index in [2.05, 4.69) is 12.2 Å². The van der Waals surface area contributed by atoms with Gasteiger partial charge in [0.05, 0.1) is 11.5 Å². The number of carbonyl (C=O) groups is 2. The van der Waals surface area contributed by atoms with E-state index < -0.39 is 0 Å². The molecule has 0 bridgehead atoms. The molecule has 1 unspecified atom stereocenters. The largest absolute Gasteiger partial charge is 0.507 e. The van der Waals surface area contributed by atoms with Crippen LogP contribution in [0.4, 0.5) is 0 Å². The van der Waals surface area contributed by atoms with Crippen molar-refractivity contribution >= 4 is 12.3 Å². The summed E-state index contributed by atoms with van der Waals surface area (Å²) in [5, 5.41) is 10.2. The van der Waals surface area contributed by atoms with E-state index >= 15 is 0 Å². The summed E-state index contributed by atoms with van der Waals surface area (Å²) in [6.07, 6.45) is 9.29. The summed E-state index contributed by atoms with van der Waals surface area (Å²) in [4.78, 5) is 23.7. The van der Waals surface area contributed by atoms with Gasteiger partial charge in [0.15, 0.2) is 6.29 Å². The number of aldehydes is 1. The third kappa shape index (κ3) is 4.47. The third-order valence-corrected chi connectivity index (χ3v) is 4.37. The molecule has 1 atom stereocenters. The molecule has 0 saturated carbocycles. The molecule has 2 rings (SSSR count). The Labute approximate surface area is 143 Å². The fraction of sp³-hybridized carbons (Fsp3) is 0.500. The molecular formula is C20H26O4. The summed E-state index contributed by atoms with van der Waals surface area (Å²) in [5.74, 6) is -0.106. The molecule has 130 valence electrons. The lowest BCUT2D eigenvalue weighted by Gasteiger charge is -2.23. The highest BCUT2D eigenvalue weighted by molar-refractivity contribution is 5.82. The Morgan fingerprint density at radius 2 is 1.92 bits per heavy atom. The van der Waals surface area contributed by atoms with Crippen LogP contribution in [0.2, 0.25) is 0 Å². The van der Waals surface area contributed by atoms with Crippen LogP contribution in [0.25, 0.3) is 0 Å². The molecule has 0 heterocycles. The minimum atomic E-state index is -0.366. The highest BCUT2D eigenvalue weighted by atomic mass is 16.5. The van der Waals surface area contributed by atoms with E-state index in [1.54, 1.807) is 6.07 Å². The molecule has 4 heteroatoms. The summed E-state index contributed by atoms with van der Waals surface area (Å²) in [6.45, 7) is 5.80. The highest BCUT2D eigenvalue weighted by Crippen LogP contribution is 2.36. The summed E-state index contributed by atoms with van der Waals surface area (Å²) in [7, 11) is 0. The van der Waals surface area contributed by atoms with Gasteiger partial charge in [0, 0.05) is 5.56 Å². The SMILES string of the molecule is CC(C)(C)c1cc(OC(=O)C2CC/C=C\CCC2)cc(C=O)c1O. The molecule has 1 aliphatic carbocycles. The fourth-order valence-corrected chi connectivity index (χ4v) is 2.94. The van der Waals surface area contributed by atoms with Crippen molar-refractivity contribution in [3.05, 3.63) is 35.4 Å². The Balaban J connectivity index is 2.23. The van der Waals surface area contributed by atoms with Gasteiger partial charge in [0.25, 0.3) is 0 Å². The topological polar surface area (TPSA) is 63.6 Å². The first-order valence-electron chi connectivity index (χ1n) is 8.52. The van der Waals surface area contributed by atoms with Crippen molar-refractivity contribution in [3.8, 4) is 11.5 Å². The standard InChI is InChI=1S/C20H26O4/c1-20(2,3)17-12-16(11-15(13-21)18(17)22)24-19(23)14-9-7-5-4-6-8-10-14/h4-5,11-14,22H,6-10H2,1-3H3/b5-4-. The molecule has 1 N–H and O–H groups in total. The Hall–Kier alpha value is -2.10. The van der Waals surface area contributed by atoms with E-state index in [0.29, 0.717) is 17.6 Å². The van der Waals surface area contributed by atoms with Crippen molar-refractivity contribution in [1.82, 2.24) is 0 Å². The minimum Gasteiger partial charge on any atom is -0.507 e. The van der Waals surface area contributed by atoms with Crippen LogP contribution in [0.5, 0.6) is 11.5 Å². The smallest absolute Gasteiger partial charge is 0.314 e. The van der Waals surface area contributed by atoms with Gasteiger partial charge in [-0.15, -0.1) is 0 Å². The van der Waals surface area contributed by atoms with Crippen LogP contribution >= 0.6 is 0 Å². The number of allylic oxidation sites excluding steroid dienone is 2. The van der Waals surface area contributed by atoms with Gasteiger partial charge in [-0.1, -0.05) is 32.9 Å². The second kappa shape index (κ2) is 7.65. The van der Waals surface area contributed by atoms with E-state index in [9.17, 15) is 14.7 Å². The van der Waals surface area contributed by atoms with Crippen molar-refractivity contribution in [2.45, 2.75) is 58.3 Å². The molecule has 1 aromatic rings. The van der Waals surface area contributed by atoms with E-state index in [1.165, 1.54) is 6.07 Å². The maximum Gasteiger partial charge on any atom is 0.314 e. The zero-order chi connectivity index (χ0) is 17.7. The Morgan fingerprint density at radius 3 is 2.58 bits per heavy atom. The monoisotopic (exact) mass is 330 g/mol. The molecule has 0 amide bonds. The van der Waals surface area contributed by atoms with Crippen LogP contribution in [-0.4, -0.2) is 17.4 Å².